The molecule has 0 spiro atoms. The van der Waals surface area contributed by atoms with Crippen LogP contribution in [0.4, 0.5) is 0 Å². The van der Waals surface area contributed by atoms with Gasteiger partial charge in [-0.25, -0.2) is 4.98 Å². The summed E-state index contributed by atoms with van der Waals surface area (Å²) < 4.78 is 1.11. The standard InChI is InChI=1S/C10H14BrNOS/c11-9-8(5-6-13)12-10(14-9)7-3-1-2-4-7/h7,13H,1-6H2. The topological polar surface area (TPSA) is 33.1 Å². The van der Waals surface area contributed by atoms with Crippen LogP contribution in [0.2, 0.25) is 0 Å². The van der Waals surface area contributed by atoms with E-state index in [0.717, 1.165) is 9.48 Å². The van der Waals surface area contributed by atoms with Gasteiger partial charge in [0.05, 0.1) is 14.5 Å². The first-order valence-electron chi connectivity index (χ1n) is 5.07. The van der Waals surface area contributed by atoms with E-state index in [-0.39, 0.29) is 6.61 Å². The fourth-order valence-electron chi connectivity index (χ4n) is 1.96. The second kappa shape index (κ2) is 4.73. The molecule has 2 rings (SSSR count). The highest BCUT2D eigenvalue weighted by Crippen LogP contribution is 2.38. The predicted molar refractivity (Wildman–Crippen MR) is 61.8 cm³/mol. The SMILES string of the molecule is OCCc1nc(C2CCCC2)sc1Br. The quantitative estimate of drug-likeness (QED) is 0.920. The van der Waals surface area contributed by atoms with E-state index in [9.17, 15) is 0 Å². The predicted octanol–water partition coefficient (Wildman–Crippen LogP) is 3.10. The molecule has 1 saturated carbocycles. The zero-order valence-electron chi connectivity index (χ0n) is 8.00. The zero-order valence-corrected chi connectivity index (χ0v) is 10.4. The van der Waals surface area contributed by atoms with Crippen molar-refractivity contribution in [3.05, 3.63) is 14.5 Å². The highest BCUT2D eigenvalue weighted by molar-refractivity contribution is 9.11. The lowest BCUT2D eigenvalue weighted by atomic mass is 10.1. The molecule has 1 fully saturated rings. The van der Waals surface area contributed by atoms with Crippen molar-refractivity contribution < 1.29 is 5.11 Å². The Morgan fingerprint density at radius 3 is 2.79 bits per heavy atom. The summed E-state index contributed by atoms with van der Waals surface area (Å²) in [5, 5.41) is 10.1. The molecule has 14 heavy (non-hydrogen) atoms. The van der Waals surface area contributed by atoms with Gasteiger partial charge in [0.2, 0.25) is 0 Å². The van der Waals surface area contributed by atoms with E-state index >= 15 is 0 Å². The summed E-state index contributed by atoms with van der Waals surface area (Å²) in [5.41, 5.74) is 1.03. The Morgan fingerprint density at radius 1 is 1.43 bits per heavy atom. The van der Waals surface area contributed by atoms with Gasteiger partial charge in [0.1, 0.15) is 0 Å². The summed E-state index contributed by atoms with van der Waals surface area (Å²) in [5.74, 6) is 0.684. The highest BCUT2D eigenvalue weighted by Gasteiger charge is 2.21. The Morgan fingerprint density at radius 2 is 2.14 bits per heavy atom. The van der Waals surface area contributed by atoms with Crippen molar-refractivity contribution in [2.45, 2.75) is 38.0 Å². The Balaban J connectivity index is 2.14. The van der Waals surface area contributed by atoms with Crippen LogP contribution >= 0.6 is 27.3 Å². The van der Waals surface area contributed by atoms with Gasteiger partial charge in [-0.15, -0.1) is 11.3 Å². The average molecular weight is 276 g/mol. The van der Waals surface area contributed by atoms with Crippen molar-refractivity contribution in [2.24, 2.45) is 0 Å². The monoisotopic (exact) mass is 275 g/mol. The van der Waals surface area contributed by atoms with Crippen molar-refractivity contribution >= 4 is 27.3 Å². The molecule has 0 unspecified atom stereocenters. The number of aromatic nitrogens is 1. The number of halogens is 1. The fourth-order valence-corrected chi connectivity index (χ4v) is 3.75. The molecule has 0 amide bonds. The van der Waals surface area contributed by atoms with Crippen LogP contribution in [0, 0.1) is 0 Å². The lowest BCUT2D eigenvalue weighted by molar-refractivity contribution is 0.298. The first-order valence-corrected chi connectivity index (χ1v) is 6.68. The minimum absolute atomic E-state index is 0.187. The van der Waals surface area contributed by atoms with Crippen LogP contribution in [0.5, 0.6) is 0 Å². The van der Waals surface area contributed by atoms with Crippen molar-refractivity contribution in [3.63, 3.8) is 0 Å². The highest BCUT2D eigenvalue weighted by atomic mass is 79.9. The Hall–Kier alpha value is 0.0700. The number of hydrogen-bond donors (Lipinski definition) is 1. The maximum atomic E-state index is 8.86. The largest absolute Gasteiger partial charge is 0.396 e. The molecular formula is C10H14BrNOS. The summed E-state index contributed by atoms with van der Waals surface area (Å²) in [7, 11) is 0. The second-order valence-electron chi connectivity index (χ2n) is 3.73. The van der Waals surface area contributed by atoms with E-state index in [1.165, 1.54) is 30.7 Å². The number of aliphatic hydroxyl groups excluding tert-OH is 1. The number of thiazole rings is 1. The molecule has 0 atom stereocenters. The van der Waals surface area contributed by atoms with Gasteiger partial charge in [-0.1, -0.05) is 12.8 Å². The Bertz CT molecular complexity index is 307. The molecule has 0 saturated heterocycles. The van der Waals surface area contributed by atoms with E-state index in [1.807, 2.05) is 0 Å². The molecule has 1 aliphatic rings. The molecule has 0 radical (unpaired) electrons. The molecule has 1 aromatic rings. The number of rotatable bonds is 3. The first-order chi connectivity index (χ1) is 6.81. The third-order valence-electron chi connectivity index (χ3n) is 2.72. The third kappa shape index (κ3) is 2.18. The number of nitrogens with zero attached hydrogens (tertiary/aromatic N) is 1. The Labute approximate surface area is 96.5 Å². The molecule has 1 aliphatic carbocycles. The van der Waals surface area contributed by atoms with Crippen LogP contribution in [-0.2, 0) is 6.42 Å². The zero-order chi connectivity index (χ0) is 9.97. The lowest BCUT2D eigenvalue weighted by Crippen LogP contribution is -1.94. The van der Waals surface area contributed by atoms with Crippen LogP contribution in [0.3, 0.4) is 0 Å². The maximum Gasteiger partial charge on any atom is 0.0971 e. The van der Waals surface area contributed by atoms with Gasteiger partial charge < -0.3 is 5.11 Å². The van der Waals surface area contributed by atoms with E-state index in [1.54, 1.807) is 11.3 Å². The van der Waals surface area contributed by atoms with Gasteiger partial charge >= 0.3 is 0 Å². The molecule has 1 aromatic heterocycles. The second-order valence-corrected chi connectivity index (χ2v) is 6.08. The van der Waals surface area contributed by atoms with E-state index < -0.39 is 0 Å². The number of aliphatic hydroxyl groups is 1. The minimum atomic E-state index is 0.187. The molecule has 2 nitrogen and oxygen atoms in total. The molecule has 4 heteroatoms. The Kier molecular flexibility index (Phi) is 3.57. The molecule has 0 bridgehead atoms. The maximum absolute atomic E-state index is 8.86. The van der Waals surface area contributed by atoms with E-state index in [0.29, 0.717) is 12.3 Å². The van der Waals surface area contributed by atoms with Gasteiger partial charge in [-0.05, 0) is 28.8 Å². The van der Waals surface area contributed by atoms with Crippen LogP contribution in [0.15, 0.2) is 3.79 Å². The van der Waals surface area contributed by atoms with Crippen LogP contribution in [0.1, 0.15) is 42.3 Å². The molecule has 1 heterocycles. The van der Waals surface area contributed by atoms with Gasteiger partial charge in [-0.2, -0.15) is 0 Å². The van der Waals surface area contributed by atoms with Crippen molar-refractivity contribution in [2.75, 3.05) is 6.61 Å². The summed E-state index contributed by atoms with van der Waals surface area (Å²) in [6.07, 6.45) is 5.94. The van der Waals surface area contributed by atoms with Crippen molar-refractivity contribution in [1.82, 2.24) is 4.98 Å². The fraction of sp³-hybridized carbons (Fsp3) is 0.700. The van der Waals surface area contributed by atoms with E-state index in [4.69, 9.17) is 5.11 Å². The molecular weight excluding hydrogens is 262 g/mol. The van der Waals surface area contributed by atoms with Gasteiger partial charge in [0.25, 0.3) is 0 Å². The average Bonchev–Trinajstić information content (AvgIpc) is 2.76. The van der Waals surface area contributed by atoms with Gasteiger partial charge in [-0.3, -0.25) is 0 Å². The summed E-state index contributed by atoms with van der Waals surface area (Å²) in [6.45, 7) is 0.187. The molecule has 0 aromatic carbocycles. The number of hydrogen-bond acceptors (Lipinski definition) is 3. The third-order valence-corrected chi connectivity index (χ3v) is 4.71. The van der Waals surface area contributed by atoms with Crippen molar-refractivity contribution in [3.8, 4) is 0 Å². The van der Waals surface area contributed by atoms with Gasteiger partial charge in [0.15, 0.2) is 0 Å². The normalized spacial score (nSPS) is 17.9. The van der Waals surface area contributed by atoms with E-state index in [2.05, 4.69) is 20.9 Å². The molecule has 1 N–H and O–H groups in total. The minimum Gasteiger partial charge on any atom is -0.396 e. The summed E-state index contributed by atoms with van der Waals surface area (Å²) in [6, 6.07) is 0. The van der Waals surface area contributed by atoms with Crippen molar-refractivity contribution in [1.29, 1.82) is 0 Å². The molecule has 78 valence electrons. The summed E-state index contributed by atoms with van der Waals surface area (Å²) in [4.78, 5) is 4.59. The van der Waals surface area contributed by atoms with Gasteiger partial charge in [0, 0.05) is 18.9 Å². The lowest BCUT2D eigenvalue weighted by Gasteiger charge is -2.02. The van der Waals surface area contributed by atoms with Crippen LogP contribution < -0.4 is 0 Å². The van der Waals surface area contributed by atoms with Crippen LogP contribution in [-0.4, -0.2) is 16.7 Å². The molecule has 0 aliphatic heterocycles. The first kappa shape index (κ1) is 10.6. The summed E-state index contributed by atoms with van der Waals surface area (Å²) >= 11 is 5.26. The smallest absolute Gasteiger partial charge is 0.0971 e. The van der Waals surface area contributed by atoms with Crippen LogP contribution in [0.25, 0.3) is 0 Å².